The van der Waals surface area contributed by atoms with Gasteiger partial charge in [0.1, 0.15) is 6.10 Å². The van der Waals surface area contributed by atoms with Gasteiger partial charge in [0.25, 0.3) is 0 Å². The minimum Gasteiger partial charge on any atom is -0.350 e. The molecule has 1 aliphatic rings. The second kappa shape index (κ2) is 6.56. The van der Waals surface area contributed by atoms with Crippen LogP contribution in [0.25, 0.3) is 0 Å². The molecule has 0 aromatic heterocycles. The van der Waals surface area contributed by atoms with Crippen molar-refractivity contribution >= 4 is 8.07 Å². The lowest BCUT2D eigenvalue weighted by Gasteiger charge is -2.45. The van der Waals surface area contributed by atoms with Gasteiger partial charge in [-0.05, 0) is 23.7 Å². The zero-order chi connectivity index (χ0) is 17.4. The minimum atomic E-state index is -0.945. The highest BCUT2D eigenvalue weighted by Gasteiger charge is 2.58. The summed E-state index contributed by atoms with van der Waals surface area (Å²) < 4.78 is 12.0. The van der Waals surface area contributed by atoms with Crippen LogP contribution in [0.1, 0.15) is 61.3 Å². The Morgan fingerprint density at radius 1 is 0.955 bits per heavy atom. The Labute approximate surface area is 140 Å². The van der Waals surface area contributed by atoms with E-state index in [0.717, 1.165) is 13.0 Å². The molecule has 1 aliphatic heterocycles. The molecule has 0 aliphatic carbocycles. The first-order valence-corrected chi connectivity index (χ1v) is 12.6. The fourth-order valence-corrected chi connectivity index (χ4v) is 4.58. The van der Waals surface area contributed by atoms with Gasteiger partial charge in [-0.25, -0.2) is 0 Å². The smallest absolute Gasteiger partial charge is 0.184 e. The molecular formula is C19H40O2Si. The van der Waals surface area contributed by atoms with Gasteiger partial charge in [-0.15, -0.1) is 0 Å². The molecule has 1 fully saturated rings. The Balaban J connectivity index is 2.55. The summed E-state index contributed by atoms with van der Waals surface area (Å²) in [6.07, 6.45) is 2.60. The van der Waals surface area contributed by atoms with Gasteiger partial charge >= 0.3 is 0 Å². The van der Waals surface area contributed by atoms with Crippen molar-refractivity contribution in [2.75, 3.05) is 6.61 Å². The molecule has 2 nitrogen and oxygen atoms in total. The van der Waals surface area contributed by atoms with Crippen LogP contribution in [0, 0.1) is 16.2 Å². The van der Waals surface area contributed by atoms with Gasteiger partial charge in [-0.2, -0.15) is 0 Å². The summed E-state index contributed by atoms with van der Waals surface area (Å²) in [5.74, 6) is 0. The largest absolute Gasteiger partial charge is 0.350 e. The SMILES string of the molecule is CC(C)(C)CC(C)(C1OC1OCCC[Si](C)(C)C)C(C)(C)C. The van der Waals surface area contributed by atoms with E-state index >= 15 is 0 Å². The third-order valence-electron chi connectivity index (χ3n) is 5.04. The summed E-state index contributed by atoms with van der Waals surface area (Å²) in [6, 6.07) is 1.34. The average molecular weight is 329 g/mol. The maximum absolute atomic E-state index is 6.02. The van der Waals surface area contributed by atoms with Crippen LogP contribution >= 0.6 is 0 Å². The summed E-state index contributed by atoms with van der Waals surface area (Å²) in [5, 5.41) is 0. The van der Waals surface area contributed by atoms with E-state index in [-0.39, 0.29) is 23.2 Å². The molecule has 0 aromatic rings. The van der Waals surface area contributed by atoms with Crippen LogP contribution in [0.5, 0.6) is 0 Å². The van der Waals surface area contributed by atoms with Gasteiger partial charge in [0.05, 0.1) is 0 Å². The van der Waals surface area contributed by atoms with Gasteiger partial charge in [0.15, 0.2) is 6.29 Å². The van der Waals surface area contributed by atoms with Gasteiger partial charge in [-0.1, -0.05) is 74.2 Å². The quantitative estimate of drug-likeness (QED) is 0.327. The molecular weight excluding hydrogens is 288 g/mol. The molecule has 0 aromatic carbocycles. The number of hydrogen-bond acceptors (Lipinski definition) is 2. The molecule has 3 heteroatoms. The molecule has 0 N–H and O–H groups in total. The van der Waals surface area contributed by atoms with Crippen molar-refractivity contribution in [2.24, 2.45) is 16.2 Å². The lowest BCUT2D eigenvalue weighted by molar-refractivity contribution is 0.0224. The molecule has 132 valence electrons. The normalized spacial score (nSPS) is 25.9. The first-order valence-electron chi connectivity index (χ1n) is 8.93. The van der Waals surface area contributed by atoms with E-state index in [9.17, 15) is 0 Å². The van der Waals surface area contributed by atoms with E-state index in [1.54, 1.807) is 0 Å². The van der Waals surface area contributed by atoms with E-state index < -0.39 is 8.07 Å². The Morgan fingerprint density at radius 3 is 1.91 bits per heavy atom. The van der Waals surface area contributed by atoms with Crippen molar-refractivity contribution in [1.29, 1.82) is 0 Å². The van der Waals surface area contributed by atoms with Crippen molar-refractivity contribution in [1.82, 2.24) is 0 Å². The van der Waals surface area contributed by atoms with Crippen molar-refractivity contribution < 1.29 is 9.47 Å². The second-order valence-corrected chi connectivity index (χ2v) is 16.5. The van der Waals surface area contributed by atoms with E-state index in [2.05, 4.69) is 68.1 Å². The molecule has 0 radical (unpaired) electrons. The summed E-state index contributed by atoms with van der Waals surface area (Å²) in [5.41, 5.74) is 0.659. The maximum atomic E-state index is 6.02. The third kappa shape index (κ3) is 5.97. The van der Waals surface area contributed by atoms with Crippen LogP contribution in [-0.4, -0.2) is 27.1 Å². The zero-order valence-electron chi connectivity index (χ0n) is 16.8. The molecule has 0 saturated carbocycles. The first kappa shape index (κ1) is 20.2. The average Bonchev–Trinajstić information content (AvgIpc) is 2.98. The second-order valence-electron chi connectivity index (χ2n) is 10.9. The number of rotatable bonds is 7. The van der Waals surface area contributed by atoms with E-state index in [4.69, 9.17) is 9.47 Å². The summed E-state index contributed by atoms with van der Waals surface area (Å²) in [6.45, 7) is 24.5. The maximum Gasteiger partial charge on any atom is 0.184 e. The van der Waals surface area contributed by atoms with Crippen LogP contribution in [0.4, 0.5) is 0 Å². The molecule has 1 heterocycles. The molecule has 0 bridgehead atoms. The first-order chi connectivity index (χ1) is 9.66. The Kier molecular flexibility index (Phi) is 6.02. The van der Waals surface area contributed by atoms with Crippen molar-refractivity contribution in [3.8, 4) is 0 Å². The van der Waals surface area contributed by atoms with Crippen LogP contribution < -0.4 is 0 Å². The summed E-state index contributed by atoms with van der Waals surface area (Å²) >= 11 is 0. The van der Waals surface area contributed by atoms with Crippen molar-refractivity contribution in [3.63, 3.8) is 0 Å². The Morgan fingerprint density at radius 2 is 1.50 bits per heavy atom. The van der Waals surface area contributed by atoms with Crippen molar-refractivity contribution in [3.05, 3.63) is 0 Å². The van der Waals surface area contributed by atoms with E-state index in [1.807, 2.05) is 0 Å². The van der Waals surface area contributed by atoms with E-state index in [0.29, 0.717) is 5.41 Å². The minimum absolute atomic E-state index is 0.0215. The fraction of sp³-hybridized carbons (Fsp3) is 1.00. The predicted molar refractivity (Wildman–Crippen MR) is 99.0 cm³/mol. The molecule has 3 atom stereocenters. The standard InChI is InChI=1S/C19H40O2Si/c1-17(2,3)14-19(7,18(4,5)6)15-16(21-15)20-12-11-13-22(8,9)10/h15-16H,11-14H2,1-10H3. The van der Waals surface area contributed by atoms with Gasteiger partial charge in [0, 0.05) is 20.1 Å². The van der Waals surface area contributed by atoms with Crippen LogP contribution in [0.3, 0.4) is 0 Å². The molecule has 3 unspecified atom stereocenters. The lowest BCUT2D eigenvalue weighted by Crippen LogP contribution is -2.42. The number of hydrogen-bond donors (Lipinski definition) is 0. The highest BCUT2D eigenvalue weighted by Crippen LogP contribution is 2.55. The van der Waals surface area contributed by atoms with Gasteiger partial charge in [0.2, 0.25) is 0 Å². The highest BCUT2D eigenvalue weighted by molar-refractivity contribution is 6.76. The molecule has 1 saturated heterocycles. The van der Waals surface area contributed by atoms with Gasteiger partial charge < -0.3 is 9.47 Å². The van der Waals surface area contributed by atoms with Crippen LogP contribution in [0.2, 0.25) is 25.7 Å². The summed E-state index contributed by atoms with van der Waals surface area (Å²) in [7, 11) is -0.945. The number of epoxide rings is 1. The fourth-order valence-electron chi connectivity index (χ4n) is 3.37. The van der Waals surface area contributed by atoms with Crippen molar-refractivity contribution in [2.45, 2.75) is 99.4 Å². The number of ether oxygens (including phenoxy) is 2. The molecule has 1 rings (SSSR count). The topological polar surface area (TPSA) is 21.8 Å². The molecule has 0 amide bonds. The third-order valence-corrected chi connectivity index (χ3v) is 6.90. The lowest BCUT2D eigenvalue weighted by atomic mass is 9.59. The van der Waals surface area contributed by atoms with Crippen LogP contribution in [0.15, 0.2) is 0 Å². The highest BCUT2D eigenvalue weighted by atomic mass is 28.3. The monoisotopic (exact) mass is 328 g/mol. The van der Waals surface area contributed by atoms with E-state index in [1.165, 1.54) is 12.5 Å². The van der Waals surface area contributed by atoms with Gasteiger partial charge in [-0.3, -0.25) is 0 Å². The zero-order valence-corrected chi connectivity index (χ0v) is 17.8. The Bertz CT molecular complexity index is 359. The molecule has 0 spiro atoms. The summed E-state index contributed by atoms with van der Waals surface area (Å²) in [4.78, 5) is 0. The molecule has 22 heavy (non-hydrogen) atoms. The van der Waals surface area contributed by atoms with Crippen LogP contribution in [-0.2, 0) is 9.47 Å². The Hall–Kier alpha value is 0.137. The predicted octanol–water partition coefficient (Wildman–Crippen LogP) is 5.94.